The summed E-state index contributed by atoms with van der Waals surface area (Å²) in [5, 5.41) is 12.8. The van der Waals surface area contributed by atoms with Gasteiger partial charge in [0.05, 0.1) is 7.11 Å². The predicted octanol–water partition coefficient (Wildman–Crippen LogP) is 2.58. The van der Waals surface area contributed by atoms with Crippen molar-refractivity contribution < 1.29 is 24.2 Å². The molecule has 1 aliphatic carbocycles. The quantitative estimate of drug-likeness (QED) is 0.789. The van der Waals surface area contributed by atoms with Crippen LogP contribution in [0.4, 0.5) is 0 Å². The molecule has 25 heavy (non-hydrogen) atoms. The van der Waals surface area contributed by atoms with Crippen LogP contribution in [0.15, 0.2) is 48.5 Å². The SMILES string of the molecule is COc1ccc(C(=O)O[C@@H](C(=O)NC2CC2)c2ccccc2)c(O)c1. The maximum atomic E-state index is 12.5. The summed E-state index contributed by atoms with van der Waals surface area (Å²) in [4.78, 5) is 24.9. The fraction of sp³-hybridized carbons (Fsp3) is 0.263. The number of phenolic OH excluding ortho intramolecular Hbond substituents is 1. The number of nitrogens with one attached hydrogen (secondary N) is 1. The van der Waals surface area contributed by atoms with Crippen molar-refractivity contribution in [2.75, 3.05) is 7.11 Å². The van der Waals surface area contributed by atoms with Crippen LogP contribution in [0.3, 0.4) is 0 Å². The topological polar surface area (TPSA) is 84.9 Å². The summed E-state index contributed by atoms with van der Waals surface area (Å²) in [7, 11) is 1.46. The minimum absolute atomic E-state index is 0.0269. The van der Waals surface area contributed by atoms with Gasteiger partial charge in [0.2, 0.25) is 6.10 Å². The van der Waals surface area contributed by atoms with E-state index in [-0.39, 0.29) is 23.3 Å². The van der Waals surface area contributed by atoms with Crippen molar-refractivity contribution in [1.29, 1.82) is 0 Å². The normalized spacial score (nSPS) is 14.4. The Balaban J connectivity index is 1.81. The molecule has 1 fully saturated rings. The van der Waals surface area contributed by atoms with Crippen LogP contribution < -0.4 is 10.1 Å². The number of carbonyl (C=O) groups excluding carboxylic acids is 2. The molecule has 6 nitrogen and oxygen atoms in total. The van der Waals surface area contributed by atoms with Crippen LogP contribution in [0.5, 0.6) is 11.5 Å². The standard InChI is InChI=1S/C19H19NO5/c1-24-14-9-10-15(16(21)11-14)19(23)25-17(12-5-3-2-4-6-12)18(22)20-13-7-8-13/h2-6,9-11,13,17,21H,7-8H2,1H3,(H,20,22)/t17-/m1/s1. The lowest BCUT2D eigenvalue weighted by molar-refractivity contribution is -0.130. The smallest absolute Gasteiger partial charge is 0.343 e. The molecule has 0 unspecified atom stereocenters. The predicted molar refractivity (Wildman–Crippen MR) is 90.4 cm³/mol. The minimum Gasteiger partial charge on any atom is -0.507 e. The van der Waals surface area contributed by atoms with Crippen molar-refractivity contribution in [2.45, 2.75) is 25.0 Å². The molecule has 1 amide bonds. The van der Waals surface area contributed by atoms with Crippen LogP contribution in [0.2, 0.25) is 0 Å². The summed E-state index contributed by atoms with van der Waals surface area (Å²) in [5.41, 5.74) is 0.544. The summed E-state index contributed by atoms with van der Waals surface area (Å²) in [6, 6.07) is 13.2. The van der Waals surface area contributed by atoms with Crippen LogP contribution in [0, 0.1) is 0 Å². The fourth-order valence-electron chi connectivity index (χ4n) is 2.39. The molecule has 2 aromatic rings. The summed E-state index contributed by atoms with van der Waals surface area (Å²) in [5.74, 6) is -0.992. The van der Waals surface area contributed by atoms with Crippen LogP contribution in [0.25, 0.3) is 0 Å². The van der Waals surface area contributed by atoms with Crippen LogP contribution in [-0.4, -0.2) is 30.1 Å². The number of aromatic hydroxyl groups is 1. The average Bonchev–Trinajstić information content (AvgIpc) is 3.43. The molecule has 2 aromatic carbocycles. The first-order chi connectivity index (χ1) is 12.1. The summed E-state index contributed by atoms with van der Waals surface area (Å²) in [6.07, 6.45) is 0.789. The lowest BCUT2D eigenvalue weighted by Crippen LogP contribution is -2.33. The maximum absolute atomic E-state index is 12.5. The van der Waals surface area contributed by atoms with Gasteiger partial charge in [-0.15, -0.1) is 0 Å². The van der Waals surface area contributed by atoms with E-state index in [1.54, 1.807) is 24.3 Å². The fourth-order valence-corrected chi connectivity index (χ4v) is 2.39. The Kier molecular flexibility index (Phi) is 4.88. The van der Waals surface area contributed by atoms with Gasteiger partial charge in [0.25, 0.3) is 5.91 Å². The Morgan fingerprint density at radius 2 is 1.88 bits per heavy atom. The Hall–Kier alpha value is -3.02. The van der Waals surface area contributed by atoms with Crippen molar-refractivity contribution in [1.82, 2.24) is 5.32 Å². The molecule has 2 N–H and O–H groups in total. The van der Waals surface area contributed by atoms with Crippen LogP contribution in [-0.2, 0) is 9.53 Å². The van der Waals surface area contributed by atoms with Gasteiger partial charge in [0.15, 0.2) is 0 Å². The number of amides is 1. The van der Waals surface area contributed by atoms with E-state index in [0.29, 0.717) is 11.3 Å². The van der Waals surface area contributed by atoms with Crippen molar-refractivity contribution >= 4 is 11.9 Å². The first kappa shape index (κ1) is 16.8. The van der Waals surface area contributed by atoms with Gasteiger partial charge in [-0.3, -0.25) is 4.79 Å². The number of carbonyl (C=O) groups is 2. The van der Waals surface area contributed by atoms with E-state index < -0.39 is 12.1 Å². The highest BCUT2D eigenvalue weighted by molar-refractivity contribution is 5.95. The third-order valence-electron chi connectivity index (χ3n) is 3.91. The summed E-state index contributed by atoms with van der Waals surface area (Å²) in [6.45, 7) is 0. The van der Waals surface area contributed by atoms with Gasteiger partial charge in [-0.05, 0) is 25.0 Å². The maximum Gasteiger partial charge on any atom is 0.343 e. The van der Waals surface area contributed by atoms with E-state index in [9.17, 15) is 14.7 Å². The second kappa shape index (κ2) is 7.25. The van der Waals surface area contributed by atoms with Crippen molar-refractivity contribution in [2.24, 2.45) is 0 Å². The van der Waals surface area contributed by atoms with E-state index in [1.165, 1.54) is 25.3 Å². The Labute approximate surface area is 145 Å². The number of benzene rings is 2. The van der Waals surface area contributed by atoms with Gasteiger partial charge in [0, 0.05) is 17.7 Å². The summed E-state index contributed by atoms with van der Waals surface area (Å²) >= 11 is 0. The van der Waals surface area contributed by atoms with Crippen molar-refractivity contribution in [3.05, 3.63) is 59.7 Å². The van der Waals surface area contributed by atoms with Gasteiger partial charge < -0.3 is 19.9 Å². The molecule has 0 bridgehead atoms. The number of hydrogen-bond acceptors (Lipinski definition) is 5. The number of esters is 1. The third kappa shape index (κ3) is 4.09. The van der Waals surface area contributed by atoms with Gasteiger partial charge in [-0.25, -0.2) is 4.79 Å². The Morgan fingerprint density at radius 1 is 1.16 bits per heavy atom. The van der Waals surface area contributed by atoms with E-state index in [0.717, 1.165) is 12.8 Å². The van der Waals surface area contributed by atoms with Gasteiger partial charge >= 0.3 is 5.97 Å². The number of hydrogen-bond donors (Lipinski definition) is 2. The summed E-state index contributed by atoms with van der Waals surface area (Å²) < 4.78 is 10.4. The lowest BCUT2D eigenvalue weighted by atomic mass is 10.1. The molecule has 3 rings (SSSR count). The molecule has 1 aliphatic rings. The van der Waals surface area contributed by atoms with Gasteiger partial charge in [0.1, 0.15) is 17.1 Å². The second-order valence-corrected chi connectivity index (χ2v) is 5.86. The average molecular weight is 341 g/mol. The monoisotopic (exact) mass is 341 g/mol. The first-order valence-corrected chi connectivity index (χ1v) is 8.02. The van der Waals surface area contributed by atoms with E-state index in [4.69, 9.17) is 9.47 Å². The van der Waals surface area contributed by atoms with Crippen molar-refractivity contribution in [3.8, 4) is 11.5 Å². The van der Waals surface area contributed by atoms with Crippen molar-refractivity contribution in [3.63, 3.8) is 0 Å². The minimum atomic E-state index is -1.07. The Morgan fingerprint density at radius 3 is 2.48 bits per heavy atom. The number of rotatable bonds is 6. The molecular weight excluding hydrogens is 322 g/mol. The van der Waals surface area contributed by atoms with Crippen LogP contribution in [0.1, 0.15) is 34.9 Å². The van der Waals surface area contributed by atoms with E-state index >= 15 is 0 Å². The van der Waals surface area contributed by atoms with E-state index in [2.05, 4.69) is 5.32 Å². The number of ether oxygens (including phenoxy) is 2. The highest BCUT2D eigenvalue weighted by atomic mass is 16.5. The zero-order valence-corrected chi connectivity index (χ0v) is 13.8. The molecule has 1 saturated carbocycles. The van der Waals surface area contributed by atoms with E-state index in [1.807, 2.05) is 6.07 Å². The molecule has 130 valence electrons. The molecule has 0 heterocycles. The molecule has 1 atom stereocenters. The highest BCUT2D eigenvalue weighted by Crippen LogP contribution is 2.28. The number of methoxy groups -OCH3 is 1. The first-order valence-electron chi connectivity index (χ1n) is 8.02. The van der Waals surface area contributed by atoms with Gasteiger partial charge in [-0.2, -0.15) is 0 Å². The zero-order chi connectivity index (χ0) is 17.8. The lowest BCUT2D eigenvalue weighted by Gasteiger charge is -2.18. The molecular formula is C19H19NO5. The largest absolute Gasteiger partial charge is 0.507 e. The van der Waals surface area contributed by atoms with Gasteiger partial charge in [-0.1, -0.05) is 30.3 Å². The molecule has 0 radical (unpaired) electrons. The highest BCUT2D eigenvalue weighted by Gasteiger charge is 2.31. The van der Waals surface area contributed by atoms with Crippen LogP contribution >= 0.6 is 0 Å². The third-order valence-corrected chi connectivity index (χ3v) is 3.91. The number of phenols is 1. The molecule has 0 spiro atoms. The second-order valence-electron chi connectivity index (χ2n) is 5.86. The molecule has 0 aliphatic heterocycles. The zero-order valence-electron chi connectivity index (χ0n) is 13.8. The molecule has 6 heteroatoms. The molecule has 0 aromatic heterocycles. The Bertz CT molecular complexity index is 771. The molecule has 0 saturated heterocycles.